The number of carbonyl (C=O) groups excluding carboxylic acids is 2. The van der Waals surface area contributed by atoms with Crippen molar-refractivity contribution in [2.24, 2.45) is 0 Å². The van der Waals surface area contributed by atoms with Gasteiger partial charge in [0.25, 0.3) is 0 Å². The number of rotatable bonds is 6. The molecule has 2 unspecified atom stereocenters. The summed E-state index contributed by atoms with van der Waals surface area (Å²) in [6.07, 6.45) is 0. The van der Waals surface area contributed by atoms with E-state index in [4.69, 9.17) is 0 Å². The first-order valence-electron chi connectivity index (χ1n) is 6.28. The molecule has 5 nitrogen and oxygen atoms in total. The summed E-state index contributed by atoms with van der Waals surface area (Å²) in [5.41, 5.74) is 0.499. The molecule has 110 valence electrons. The molecule has 0 radical (unpaired) electrons. The van der Waals surface area contributed by atoms with Crippen LogP contribution in [0.5, 0.6) is 0 Å². The maximum absolute atomic E-state index is 13.6. The van der Waals surface area contributed by atoms with Crippen LogP contribution in [0.3, 0.4) is 0 Å². The molecule has 0 aliphatic heterocycles. The summed E-state index contributed by atoms with van der Waals surface area (Å²) in [4.78, 5) is 22.5. The van der Waals surface area contributed by atoms with Gasteiger partial charge in [-0.25, -0.2) is 9.18 Å². The van der Waals surface area contributed by atoms with Crippen LogP contribution in [0, 0.1) is 5.82 Å². The number of nitrogens with one attached hydrogen (secondary N) is 2. The molecule has 0 aliphatic carbocycles. The molecule has 0 spiro atoms. The third-order valence-corrected chi connectivity index (χ3v) is 2.86. The number of carbonyl (C=O) groups is 2. The minimum Gasteiger partial charge on any atom is -0.467 e. The Balaban J connectivity index is 2.65. The molecule has 6 heteroatoms. The fourth-order valence-electron chi connectivity index (χ4n) is 1.81. The molecule has 1 amide bonds. The fourth-order valence-corrected chi connectivity index (χ4v) is 1.81. The molecule has 0 fully saturated rings. The predicted molar refractivity (Wildman–Crippen MR) is 72.4 cm³/mol. The molecule has 0 aromatic heterocycles. The van der Waals surface area contributed by atoms with Gasteiger partial charge in [0.05, 0.1) is 7.11 Å². The van der Waals surface area contributed by atoms with E-state index in [0.29, 0.717) is 5.56 Å². The van der Waals surface area contributed by atoms with Gasteiger partial charge in [-0.2, -0.15) is 0 Å². The monoisotopic (exact) mass is 282 g/mol. The van der Waals surface area contributed by atoms with Crippen LogP contribution in [-0.2, 0) is 14.3 Å². The molecule has 0 heterocycles. The maximum atomic E-state index is 13.6. The van der Waals surface area contributed by atoms with E-state index >= 15 is 0 Å². The van der Waals surface area contributed by atoms with Crippen LogP contribution in [0.15, 0.2) is 24.3 Å². The van der Waals surface area contributed by atoms with E-state index in [9.17, 15) is 14.0 Å². The van der Waals surface area contributed by atoms with Crippen molar-refractivity contribution >= 4 is 11.9 Å². The molecule has 2 N–H and O–H groups in total. The normalized spacial score (nSPS) is 13.4. The number of esters is 1. The van der Waals surface area contributed by atoms with Crippen molar-refractivity contribution in [3.63, 3.8) is 0 Å². The summed E-state index contributed by atoms with van der Waals surface area (Å²) in [7, 11) is 1.25. The van der Waals surface area contributed by atoms with Crippen molar-refractivity contribution < 1.29 is 18.7 Å². The first kappa shape index (κ1) is 16.1. The van der Waals surface area contributed by atoms with Gasteiger partial charge in [0.1, 0.15) is 11.9 Å². The summed E-state index contributed by atoms with van der Waals surface area (Å²) < 4.78 is 18.2. The number of halogens is 1. The highest BCUT2D eigenvalue weighted by atomic mass is 19.1. The van der Waals surface area contributed by atoms with Crippen LogP contribution in [0.2, 0.25) is 0 Å². The molecular weight excluding hydrogens is 263 g/mol. The average Bonchev–Trinajstić information content (AvgIpc) is 2.42. The zero-order chi connectivity index (χ0) is 15.1. The lowest BCUT2D eigenvalue weighted by molar-refractivity contribution is -0.144. The highest BCUT2D eigenvalue weighted by Gasteiger charge is 2.21. The van der Waals surface area contributed by atoms with Gasteiger partial charge < -0.3 is 15.4 Å². The average molecular weight is 282 g/mol. The minimum atomic E-state index is -0.799. The van der Waals surface area contributed by atoms with Gasteiger partial charge in [0, 0.05) is 25.1 Å². The van der Waals surface area contributed by atoms with Crippen molar-refractivity contribution in [3.8, 4) is 0 Å². The third kappa shape index (κ3) is 4.62. The van der Waals surface area contributed by atoms with E-state index in [2.05, 4.69) is 15.4 Å². The van der Waals surface area contributed by atoms with Crippen LogP contribution in [0.25, 0.3) is 0 Å². The SMILES string of the molecule is COC(=O)C(CNC(C)c1ccccc1F)NC(C)=O. The van der Waals surface area contributed by atoms with E-state index in [0.717, 1.165) is 0 Å². The number of amides is 1. The molecule has 1 rings (SSSR count). The van der Waals surface area contributed by atoms with Gasteiger partial charge in [-0.05, 0) is 13.0 Å². The maximum Gasteiger partial charge on any atom is 0.329 e. The van der Waals surface area contributed by atoms with Crippen LogP contribution in [0.1, 0.15) is 25.5 Å². The summed E-state index contributed by atoms with van der Waals surface area (Å²) in [6.45, 7) is 3.25. The summed E-state index contributed by atoms with van der Waals surface area (Å²) in [6, 6.07) is 5.30. The van der Waals surface area contributed by atoms with E-state index < -0.39 is 12.0 Å². The minimum absolute atomic E-state index is 0.155. The molecule has 0 saturated heterocycles. The lowest BCUT2D eigenvalue weighted by Crippen LogP contribution is -2.47. The first-order chi connectivity index (χ1) is 9.45. The number of ether oxygens (including phenoxy) is 1. The number of benzene rings is 1. The predicted octanol–water partition coefficient (Wildman–Crippen LogP) is 1.15. The second-order valence-electron chi connectivity index (χ2n) is 4.43. The summed E-state index contributed by atoms with van der Waals surface area (Å²) >= 11 is 0. The van der Waals surface area contributed by atoms with E-state index in [1.54, 1.807) is 25.1 Å². The quantitative estimate of drug-likeness (QED) is 0.768. The van der Waals surface area contributed by atoms with E-state index in [1.165, 1.54) is 20.1 Å². The summed E-state index contributed by atoms with van der Waals surface area (Å²) in [5, 5.41) is 5.49. The Morgan fingerprint density at radius 3 is 2.55 bits per heavy atom. The molecule has 0 saturated carbocycles. The molecule has 1 aromatic rings. The van der Waals surface area contributed by atoms with Crippen LogP contribution < -0.4 is 10.6 Å². The highest BCUT2D eigenvalue weighted by molar-refractivity contribution is 5.83. The van der Waals surface area contributed by atoms with E-state index in [1.807, 2.05) is 0 Å². The molecule has 0 bridgehead atoms. The van der Waals surface area contributed by atoms with Gasteiger partial charge in [-0.1, -0.05) is 18.2 Å². The second-order valence-corrected chi connectivity index (χ2v) is 4.43. The van der Waals surface area contributed by atoms with Gasteiger partial charge in [-0.15, -0.1) is 0 Å². The smallest absolute Gasteiger partial charge is 0.329 e. The fraction of sp³-hybridized carbons (Fsp3) is 0.429. The topological polar surface area (TPSA) is 67.4 Å². The number of hydrogen-bond donors (Lipinski definition) is 2. The van der Waals surface area contributed by atoms with Gasteiger partial charge in [0.2, 0.25) is 5.91 Å². The Labute approximate surface area is 117 Å². The van der Waals surface area contributed by atoms with Crippen molar-refractivity contribution in [1.29, 1.82) is 0 Å². The van der Waals surface area contributed by atoms with Crippen molar-refractivity contribution in [2.45, 2.75) is 25.9 Å². The zero-order valence-corrected chi connectivity index (χ0v) is 11.8. The molecule has 0 aliphatic rings. The van der Waals surface area contributed by atoms with E-state index in [-0.39, 0.29) is 24.3 Å². The number of methoxy groups -OCH3 is 1. The van der Waals surface area contributed by atoms with Crippen molar-refractivity contribution in [2.75, 3.05) is 13.7 Å². The third-order valence-electron chi connectivity index (χ3n) is 2.86. The number of hydrogen-bond acceptors (Lipinski definition) is 4. The van der Waals surface area contributed by atoms with Crippen LogP contribution >= 0.6 is 0 Å². The lowest BCUT2D eigenvalue weighted by atomic mass is 10.1. The van der Waals surface area contributed by atoms with Crippen molar-refractivity contribution in [1.82, 2.24) is 10.6 Å². The lowest BCUT2D eigenvalue weighted by Gasteiger charge is -2.20. The highest BCUT2D eigenvalue weighted by Crippen LogP contribution is 2.15. The Hall–Kier alpha value is -1.95. The Bertz CT molecular complexity index is 479. The Kier molecular flexibility index (Phi) is 6.11. The molecule has 20 heavy (non-hydrogen) atoms. The largest absolute Gasteiger partial charge is 0.467 e. The van der Waals surface area contributed by atoms with Gasteiger partial charge in [0.15, 0.2) is 0 Å². The second kappa shape index (κ2) is 7.59. The Morgan fingerprint density at radius 1 is 1.35 bits per heavy atom. The standard InChI is InChI=1S/C14H19FN2O3/c1-9(11-6-4-5-7-12(11)15)16-8-13(14(19)20-3)17-10(2)18/h4-7,9,13,16H,8H2,1-3H3,(H,17,18). The molecular formula is C14H19FN2O3. The molecule has 1 aromatic carbocycles. The molecule has 2 atom stereocenters. The van der Waals surface area contributed by atoms with Crippen LogP contribution in [-0.4, -0.2) is 31.6 Å². The summed E-state index contributed by atoms with van der Waals surface area (Å²) in [5.74, 6) is -1.20. The Morgan fingerprint density at radius 2 is 2.00 bits per heavy atom. The van der Waals surface area contributed by atoms with Crippen LogP contribution in [0.4, 0.5) is 4.39 Å². The first-order valence-corrected chi connectivity index (χ1v) is 6.28. The van der Waals surface area contributed by atoms with Crippen molar-refractivity contribution in [3.05, 3.63) is 35.6 Å². The zero-order valence-electron chi connectivity index (χ0n) is 11.8. The van der Waals surface area contributed by atoms with Gasteiger partial charge in [-0.3, -0.25) is 4.79 Å². The van der Waals surface area contributed by atoms with Gasteiger partial charge >= 0.3 is 5.97 Å².